The van der Waals surface area contributed by atoms with Gasteiger partial charge in [-0.3, -0.25) is 9.59 Å². The van der Waals surface area contributed by atoms with E-state index in [4.69, 9.17) is 0 Å². The molecule has 1 aliphatic carbocycles. The number of nitrogens with one attached hydrogen (secondary N) is 3. The normalized spacial score (nSPS) is 15.8. The molecule has 0 spiro atoms. The molecule has 1 unspecified atom stereocenters. The number of nitriles is 1. The van der Waals surface area contributed by atoms with Crippen molar-refractivity contribution in [2.24, 2.45) is 5.92 Å². The van der Waals surface area contributed by atoms with Crippen LogP contribution in [-0.2, 0) is 4.79 Å². The summed E-state index contributed by atoms with van der Waals surface area (Å²) < 4.78 is 0. The molecule has 1 aromatic rings. The van der Waals surface area contributed by atoms with E-state index in [1.807, 2.05) is 19.9 Å². The van der Waals surface area contributed by atoms with E-state index < -0.39 is 5.54 Å². The number of nitrogens with zero attached hydrogens (tertiary/aromatic N) is 1. The van der Waals surface area contributed by atoms with E-state index in [9.17, 15) is 14.9 Å². The lowest BCUT2D eigenvalue weighted by Crippen LogP contribution is -2.48. The third-order valence-corrected chi connectivity index (χ3v) is 4.30. The summed E-state index contributed by atoms with van der Waals surface area (Å²) in [5.41, 5.74) is 1.43. The van der Waals surface area contributed by atoms with Crippen LogP contribution in [0.25, 0.3) is 0 Å². The van der Waals surface area contributed by atoms with Crippen LogP contribution in [0.1, 0.15) is 42.6 Å². The van der Waals surface area contributed by atoms with E-state index >= 15 is 0 Å². The average molecular weight is 328 g/mol. The Morgan fingerprint density at radius 3 is 2.67 bits per heavy atom. The maximum atomic E-state index is 12.2. The van der Waals surface area contributed by atoms with Gasteiger partial charge in [0.1, 0.15) is 5.54 Å². The number of amides is 2. The number of hydrogen-bond donors (Lipinski definition) is 3. The van der Waals surface area contributed by atoms with Crippen LogP contribution in [0, 0.1) is 24.2 Å². The van der Waals surface area contributed by atoms with Gasteiger partial charge in [0.05, 0.1) is 12.6 Å². The van der Waals surface area contributed by atoms with Crippen LogP contribution in [0.15, 0.2) is 18.2 Å². The first-order chi connectivity index (χ1) is 11.4. The summed E-state index contributed by atoms with van der Waals surface area (Å²) in [6.45, 7) is 6.16. The van der Waals surface area contributed by atoms with Crippen molar-refractivity contribution < 1.29 is 9.59 Å². The number of rotatable bonds is 7. The van der Waals surface area contributed by atoms with Crippen molar-refractivity contribution in [1.82, 2.24) is 10.6 Å². The summed E-state index contributed by atoms with van der Waals surface area (Å²) in [6, 6.07) is 7.54. The SMILES string of the molecule is CCNC(=O)c1ccc(C)c(NCC(=O)NC(C)(C#N)C2CC2)c1. The lowest BCUT2D eigenvalue weighted by Gasteiger charge is -2.23. The van der Waals surface area contributed by atoms with Gasteiger partial charge in [-0.15, -0.1) is 0 Å². The summed E-state index contributed by atoms with van der Waals surface area (Å²) in [6.07, 6.45) is 1.96. The highest BCUT2D eigenvalue weighted by atomic mass is 16.2. The van der Waals surface area contributed by atoms with Crippen LogP contribution in [0.5, 0.6) is 0 Å². The summed E-state index contributed by atoms with van der Waals surface area (Å²) in [5, 5.41) is 17.9. The molecular weight excluding hydrogens is 304 g/mol. The topological polar surface area (TPSA) is 94.0 Å². The Bertz CT molecular complexity index is 676. The molecule has 2 amide bonds. The molecule has 6 nitrogen and oxygen atoms in total. The number of benzene rings is 1. The first kappa shape index (κ1) is 17.8. The van der Waals surface area contributed by atoms with E-state index in [1.54, 1.807) is 19.1 Å². The largest absolute Gasteiger partial charge is 0.376 e. The molecule has 1 saturated carbocycles. The second-order valence-corrected chi connectivity index (χ2v) is 6.38. The third kappa shape index (κ3) is 4.25. The highest BCUT2D eigenvalue weighted by Gasteiger charge is 2.42. The van der Waals surface area contributed by atoms with Gasteiger partial charge in [0.25, 0.3) is 5.91 Å². The van der Waals surface area contributed by atoms with E-state index in [0.717, 1.165) is 24.1 Å². The standard InChI is InChI=1S/C18H24N4O2/c1-4-20-17(24)13-6-5-12(2)15(9-13)21-10-16(23)22-18(3,11-19)14-7-8-14/h5-6,9,14,21H,4,7-8,10H2,1-3H3,(H,20,24)(H,22,23). The van der Waals surface area contributed by atoms with Gasteiger partial charge in [0.2, 0.25) is 5.91 Å². The number of carbonyl (C=O) groups is 2. The van der Waals surface area contributed by atoms with E-state index in [1.165, 1.54) is 0 Å². The van der Waals surface area contributed by atoms with Gasteiger partial charge < -0.3 is 16.0 Å². The first-order valence-electron chi connectivity index (χ1n) is 8.24. The third-order valence-electron chi connectivity index (χ3n) is 4.30. The van der Waals surface area contributed by atoms with Gasteiger partial charge in [-0.2, -0.15) is 5.26 Å². The Balaban J connectivity index is 1.98. The molecule has 1 atom stereocenters. The number of carbonyl (C=O) groups excluding carboxylic acids is 2. The van der Waals surface area contributed by atoms with Crippen LogP contribution >= 0.6 is 0 Å². The molecule has 0 heterocycles. The molecule has 0 bridgehead atoms. The minimum absolute atomic E-state index is 0.0592. The Kier molecular flexibility index (Phi) is 5.45. The second-order valence-electron chi connectivity index (χ2n) is 6.38. The van der Waals surface area contributed by atoms with Gasteiger partial charge >= 0.3 is 0 Å². The fourth-order valence-electron chi connectivity index (χ4n) is 2.61. The average Bonchev–Trinajstić information content (AvgIpc) is 3.39. The summed E-state index contributed by atoms with van der Waals surface area (Å²) in [5.74, 6) is -0.126. The fraction of sp³-hybridized carbons (Fsp3) is 0.500. The van der Waals surface area contributed by atoms with Crippen LogP contribution < -0.4 is 16.0 Å². The molecule has 0 radical (unpaired) electrons. The summed E-state index contributed by atoms with van der Waals surface area (Å²) in [4.78, 5) is 24.1. The predicted octanol–water partition coefficient (Wildman–Crippen LogP) is 1.97. The van der Waals surface area contributed by atoms with Crippen LogP contribution in [0.2, 0.25) is 0 Å². The van der Waals surface area contributed by atoms with Crippen molar-refractivity contribution >= 4 is 17.5 Å². The lowest BCUT2D eigenvalue weighted by atomic mass is 9.98. The Labute approximate surface area is 142 Å². The molecule has 128 valence electrons. The van der Waals surface area contributed by atoms with Gasteiger partial charge in [0.15, 0.2) is 0 Å². The molecule has 24 heavy (non-hydrogen) atoms. The minimum atomic E-state index is -0.795. The number of aryl methyl sites for hydroxylation is 1. The molecule has 2 rings (SSSR count). The molecule has 0 saturated heterocycles. The molecule has 0 aromatic heterocycles. The van der Waals surface area contributed by atoms with Crippen LogP contribution in [0.3, 0.4) is 0 Å². The van der Waals surface area contributed by atoms with Crippen molar-refractivity contribution in [2.75, 3.05) is 18.4 Å². The van der Waals surface area contributed by atoms with Gasteiger partial charge in [-0.05, 0) is 57.2 Å². The smallest absolute Gasteiger partial charge is 0.251 e. The molecule has 1 aliphatic rings. The highest BCUT2D eigenvalue weighted by molar-refractivity contribution is 5.95. The van der Waals surface area contributed by atoms with Gasteiger partial charge in [-0.1, -0.05) is 6.07 Å². The molecule has 1 aromatic carbocycles. The quantitative estimate of drug-likeness (QED) is 0.713. The summed E-state index contributed by atoms with van der Waals surface area (Å²) in [7, 11) is 0. The monoisotopic (exact) mass is 328 g/mol. The lowest BCUT2D eigenvalue weighted by molar-refractivity contribution is -0.120. The zero-order valence-corrected chi connectivity index (χ0v) is 14.4. The van der Waals surface area contributed by atoms with Crippen molar-refractivity contribution in [3.8, 4) is 6.07 Å². The van der Waals surface area contributed by atoms with Gasteiger partial charge in [-0.25, -0.2) is 0 Å². The maximum Gasteiger partial charge on any atom is 0.251 e. The molecule has 0 aliphatic heterocycles. The van der Waals surface area contributed by atoms with Crippen LogP contribution in [0.4, 0.5) is 5.69 Å². The fourth-order valence-corrected chi connectivity index (χ4v) is 2.61. The number of anilines is 1. The predicted molar refractivity (Wildman–Crippen MR) is 92.6 cm³/mol. The number of hydrogen-bond acceptors (Lipinski definition) is 4. The second kappa shape index (κ2) is 7.35. The molecule has 1 fully saturated rings. The first-order valence-corrected chi connectivity index (χ1v) is 8.24. The van der Waals surface area contributed by atoms with E-state index in [2.05, 4.69) is 22.0 Å². The minimum Gasteiger partial charge on any atom is -0.376 e. The molecule has 6 heteroatoms. The molecule has 3 N–H and O–H groups in total. The van der Waals surface area contributed by atoms with Crippen molar-refractivity contribution in [3.05, 3.63) is 29.3 Å². The maximum absolute atomic E-state index is 12.2. The van der Waals surface area contributed by atoms with Crippen molar-refractivity contribution in [3.63, 3.8) is 0 Å². The Hall–Kier alpha value is -2.55. The Morgan fingerprint density at radius 1 is 1.38 bits per heavy atom. The zero-order chi connectivity index (χ0) is 17.7. The van der Waals surface area contributed by atoms with Crippen molar-refractivity contribution in [1.29, 1.82) is 5.26 Å². The van der Waals surface area contributed by atoms with Gasteiger partial charge in [0, 0.05) is 17.8 Å². The van der Waals surface area contributed by atoms with Crippen LogP contribution in [-0.4, -0.2) is 30.4 Å². The Morgan fingerprint density at radius 2 is 2.08 bits per heavy atom. The molecular formula is C18H24N4O2. The van der Waals surface area contributed by atoms with E-state index in [0.29, 0.717) is 12.1 Å². The van der Waals surface area contributed by atoms with Crippen molar-refractivity contribution in [2.45, 2.75) is 39.2 Å². The summed E-state index contributed by atoms with van der Waals surface area (Å²) >= 11 is 0. The van der Waals surface area contributed by atoms with E-state index in [-0.39, 0.29) is 24.3 Å². The zero-order valence-electron chi connectivity index (χ0n) is 14.4. The highest BCUT2D eigenvalue weighted by Crippen LogP contribution is 2.39.